The van der Waals surface area contributed by atoms with Crippen LogP contribution in [0.2, 0.25) is 0 Å². The molecule has 0 bridgehead atoms. The number of aryl methyl sites for hydroxylation is 1. The van der Waals surface area contributed by atoms with E-state index >= 15 is 0 Å². The van der Waals surface area contributed by atoms with Crippen LogP contribution in [0, 0.1) is 18.8 Å². The Morgan fingerprint density at radius 2 is 1.76 bits per heavy atom. The molecule has 2 atom stereocenters. The number of hydrogen-bond donors (Lipinski definition) is 2. The van der Waals surface area contributed by atoms with Gasteiger partial charge in [-0.2, -0.15) is 13.2 Å². The third-order valence-corrected chi connectivity index (χ3v) is 6.80. The minimum Gasteiger partial charge on any atom is -0.489 e. The maximum Gasteiger partial charge on any atom is 0.422 e. The molecule has 2 N–H and O–H groups in total. The van der Waals surface area contributed by atoms with E-state index in [-0.39, 0.29) is 18.3 Å². The van der Waals surface area contributed by atoms with Gasteiger partial charge in [-0.1, -0.05) is 43.2 Å². The van der Waals surface area contributed by atoms with E-state index in [1.807, 2.05) is 55.5 Å². The third-order valence-electron chi connectivity index (χ3n) is 6.80. The number of alkyl halides is 3. The van der Waals surface area contributed by atoms with Crippen LogP contribution in [-0.4, -0.2) is 36.2 Å². The smallest absolute Gasteiger partial charge is 0.422 e. The lowest BCUT2D eigenvalue weighted by molar-refractivity contribution is -0.191. The Kier molecular flexibility index (Phi) is 10.1. The molecule has 38 heavy (non-hydrogen) atoms. The lowest BCUT2D eigenvalue weighted by Crippen LogP contribution is -2.41. The van der Waals surface area contributed by atoms with Crippen molar-refractivity contribution in [2.24, 2.45) is 11.8 Å². The fourth-order valence-electron chi connectivity index (χ4n) is 4.94. The summed E-state index contributed by atoms with van der Waals surface area (Å²) in [6.07, 6.45) is -1.82. The van der Waals surface area contributed by atoms with Gasteiger partial charge in [0.25, 0.3) is 0 Å². The van der Waals surface area contributed by atoms with Crippen molar-refractivity contribution in [2.75, 3.05) is 13.2 Å². The van der Waals surface area contributed by atoms with Crippen molar-refractivity contribution in [2.45, 2.75) is 51.8 Å². The fourth-order valence-corrected chi connectivity index (χ4v) is 4.94. The number of carbonyl (C=O) groups excluding carboxylic acids is 2. The van der Waals surface area contributed by atoms with Gasteiger partial charge in [0, 0.05) is 23.1 Å². The standard InChI is InChI=1S/C28H31F3N2O4.ClH/c1-18-21(24-15-20(11-12-25(24)33-18)36-16-19-7-3-2-4-8-19)13-14-32-26(34)22-9-5-6-10-23(22)27(35)37-17-28(29,30)31;/h2-4,7-8,11-12,15,22-23,33H,5-6,9-10,13-14,16-17H2,1H3,(H,32,34);1H. The molecule has 0 saturated heterocycles. The topological polar surface area (TPSA) is 80.4 Å². The summed E-state index contributed by atoms with van der Waals surface area (Å²) in [6, 6.07) is 15.7. The van der Waals surface area contributed by atoms with Crippen LogP contribution in [0.1, 0.15) is 42.5 Å². The van der Waals surface area contributed by atoms with Crippen molar-refractivity contribution in [3.63, 3.8) is 0 Å². The maximum absolute atomic E-state index is 12.9. The molecule has 1 aliphatic rings. The number of fused-ring (bicyclic) bond motifs is 1. The van der Waals surface area contributed by atoms with Crippen LogP contribution < -0.4 is 10.1 Å². The van der Waals surface area contributed by atoms with Gasteiger partial charge in [-0.15, -0.1) is 12.4 Å². The number of aromatic nitrogens is 1. The number of H-pyrrole nitrogens is 1. The highest BCUT2D eigenvalue weighted by atomic mass is 35.5. The third kappa shape index (κ3) is 7.66. The molecule has 10 heteroatoms. The Hall–Kier alpha value is -3.20. The molecule has 0 radical (unpaired) electrons. The Balaban J connectivity index is 0.00000400. The average molecular weight is 553 g/mol. The van der Waals surface area contributed by atoms with E-state index in [9.17, 15) is 22.8 Å². The highest BCUT2D eigenvalue weighted by Crippen LogP contribution is 2.32. The maximum atomic E-state index is 12.9. The second-order valence-electron chi connectivity index (χ2n) is 9.47. The van der Waals surface area contributed by atoms with Crippen molar-refractivity contribution in [1.29, 1.82) is 0 Å². The number of hydrogen-bond acceptors (Lipinski definition) is 4. The van der Waals surface area contributed by atoms with Gasteiger partial charge in [-0.25, -0.2) is 0 Å². The molecular weight excluding hydrogens is 521 g/mol. The molecule has 2 aromatic carbocycles. The second kappa shape index (κ2) is 13.0. The first kappa shape index (κ1) is 29.4. The van der Waals surface area contributed by atoms with Gasteiger partial charge in [-0.05, 0) is 55.5 Å². The monoisotopic (exact) mass is 552 g/mol. The fraction of sp³-hybridized carbons (Fsp3) is 0.429. The van der Waals surface area contributed by atoms with E-state index in [1.54, 1.807) is 0 Å². The number of amides is 1. The van der Waals surface area contributed by atoms with Gasteiger partial charge >= 0.3 is 12.1 Å². The molecule has 1 heterocycles. The summed E-state index contributed by atoms with van der Waals surface area (Å²) >= 11 is 0. The summed E-state index contributed by atoms with van der Waals surface area (Å²) in [4.78, 5) is 28.5. The van der Waals surface area contributed by atoms with Crippen LogP contribution in [0.15, 0.2) is 48.5 Å². The number of halogens is 4. The molecule has 2 unspecified atom stereocenters. The second-order valence-corrected chi connectivity index (χ2v) is 9.47. The summed E-state index contributed by atoms with van der Waals surface area (Å²) in [7, 11) is 0. The number of carbonyl (C=O) groups is 2. The molecule has 1 saturated carbocycles. The number of benzene rings is 2. The van der Waals surface area contributed by atoms with E-state index in [1.165, 1.54) is 0 Å². The zero-order valence-electron chi connectivity index (χ0n) is 21.1. The summed E-state index contributed by atoms with van der Waals surface area (Å²) in [6.45, 7) is 1.13. The van der Waals surface area contributed by atoms with Crippen LogP contribution in [-0.2, 0) is 27.4 Å². The van der Waals surface area contributed by atoms with E-state index in [4.69, 9.17) is 4.74 Å². The SMILES string of the molecule is Cc1[nH]c2ccc(OCc3ccccc3)cc2c1CCNC(=O)C1CCCCC1C(=O)OCC(F)(F)F.Cl. The van der Waals surface area contributed by atoms with Crippen molar-refractivity contribution >= 4 is 35.2 Å². The summed E-state index contributed by atoms with van der Waals surface area (Å²) < 4.78 is 47.8. The van der Waals surface area contributed by atoms with Crippen LogP contribution in [0.5, 0.6) is 5.75 Å². The molecule has 4 rings (SSSR count). The van der Waals surface area contributed by atoms with E-state index in [0.717, 1.165) is 39.9 Å². The van der Waals surface area contributed by atoms with Gasteiger partial charge in [-0.3, -0.25) is 9.59 Å². The van der Waals surface area contributed by atoms with Gasteiger partial charge in [0.05, 0.1) is 11.8 Å². The molecular formula is C28H32ClF3N2O4. The Morgan fingerprint density at radius 3 is 2.47 bits per heavy atom. The van der Waals surface area contributed by atoms with E-state index < -0.39 is 30.6 Å². The summed E-state index contributed by atoms with van der Waals surface area (Å²) in [5.41, 5.74) is 4.06. The van der Waals surface area contributed by atoms with Crippen molar-refractivity contribution < 1.29 is 32.2 Å². The zero-order chi connectivity index (χ0) is 26.4. The number of aromatic amines is 1. The molecule has 0 spiro atoms. The lowest BCUT2D eigenvalue weighted by Gasteiger charge is -2.29. The van der Waals surface area contributed by atoms with E-state index in [0.29, 0.717) is 38.8 Å². The Bertz CT molecular complexity index is 1230. The van der Waals surface area contributed by atoms with E-state index in [2.05, 4.69) is 15.0 Å². The highest BCUT2D eigenvalue weighted by Gasteiger charge is 2.38. The minimum absolute atomic E-state index is 0. The molecule has 1 amide bonds. The lowest BCUT2D eigenvalue weighted by atomic mass is 9.78. The van der Waals surface area contributed by atoms with Crippen LogP contribution in [0.4, 0.5) is 13.2 Å². The largest absolute Gasteiger partial charge is 0.489 e. The predicted octanol–water partition coefficient (Wildman–Crippen LogP) is 6.05. The van der Waals surface area contributed by atoms with Crippen molar-refractivity contribution in [1.82, 2.24) is 10.3 Å². The summed E-state index contributed by atoms with van der Waals surface area (Å²) in [5.74, 6) is -2.07. The zero-order valence-corrected chi connectivity index (χ0v) is 21.9. The molecule has 0 aliphatic heterocycles. The summed E-state index contributed by atoms with van der Waals surface area (Å²) in [5, 5.41) is 3.89. The molecule has 206 valence electrons. The number of esters is 1. The first-order valence-electron chi connectivity index (χ1n) is 12.5. The minimum atomic E-state index is -4.59. The molecule has 1 aromatic heterocycles. The van der Waals surface area contributed by atoms with Gasteiger partial charge in [0.2, 0.25) is 5.91 Å². The molecule has 1 aliphatic carbocycles. The Labute approximate surface area is 225 Å². The van der Waals surface area contributed by atoms with Gasteiger partial charge in [0.1, 0.15) is 12.4 Å². The predicted molar refractivity (Wildman–Crippen MR) is 140 cm³/mol. The van der Waals surface area contributed by atoms with Crippen LogP contribution in [0.3, 0.4) is 0 Å². The number of ether oxygens (including phenoxy) is 2. The van der Waals surface area contributed by atoms with Crippen LogP contribution >= 0.6 is 12.4 Å². The number of rotatable bonds is 9. The first-order valence-corrected chi connectivity index (χ1v) is 12.5. The van der Waals surface area contributed by atoms with Crippen molar-refractivity contribution in [3.8, 4) is 5.75 Å². The quantitative estimate of drug-likeness (QED) is 0.317. The first-order chi connectivity index (χ1) is 17.7. The highest BCUT2D eigenvalue weighted by molar-refractivity contribution is 5.87. The molecule has 1 fully saturated rings. The van der Waals surface area contributed by atoms with Crippen LogP contribution in [0.25, 0.3) is 10.9 Å². The average Bonchev–Trinajstić information content (AvgIpc) is 3.20. The van der Waals surface area contributed by atoms with Gasteiger partial charge < -0.3 is 19.8 Å². The van der Waals surface area contributed by atoms with Crippen molar-refractivity contribution in [3.05, 3.63) is 65.4 Å². The Morgan fingerprint density at radius 1 is 1.05 bits per heavy atom. The van der Waals surface area contributed by atoms with Gasteiger partial charge in [0.15, 0.2) is 6.61 Å². The molecule has 3 aromatic rings. The number of nitrogens with one attached hydrogen (secondary N) is 2. The normalized spacial score (nSPS) is 17.5. The molecule has 6 nitrogen and oxygen atoms in total.